The summed E-state index contributed by atoms with van der Waals surface area (Å²) >= 11 is 0. The van der Waals surface area contributed by atoms with Crippen LogP contribution in [0.2, 0.25) is 0 Å². The molecule has 0 fully saturated rings. The highest BCUT2D eigenvalue weighted by molar-refractivity contribution is 6.19. The zero-order valence-corrected chi connectivity index (χ0v) is 24.5. The Bertz CT molecular complexity index is 1680. The number of carbonyl (C=O) groups is 2. The summed E-state index contributed by atoms with van der Waals surface area (Å²) in [5.41, 5.74) is 2.81. The summed E-state index contributed by atoms with van der Waals surface area (Å²) in [5, 5.41) is 22.1. The van der Waals surface area contributed by atoms with E-state index in [2.05, 4.69) is 26.1 Å². The molecule has 220 valence electrons. The lowest BCUT2D eigenvalue weighted by molar-refractivity contribution is 0.0535. The number of hydrogen-bond acceptors (Lipinski definition) is 8. The molecule has 0 unspecified atom stereocenters. The van der Waals surface area contributed by atoms with Gasteiger partial charge in [0.05, 0.1) is 25.0 Å². The summed E-state index contributed by atoms with van der Waals surface area (Å²) in [6.07, 6.45) is -1.70. The third kappa shape index (κ3) is 5.33. The number of amides is 1. The quantitative estimate of drug-likeness (QED) is 0.247. The van der Waals surface area contributed by atoms with Crippen LogP contribution in [0.3, 0.4) is 0 Å². The van der Waals surface area contributed by atoms with Crippen molar-refractivity contribution in [1.29, 1.82) is 0 Å². The Balaban J connectivity index is 1.42. The Morgan fingerprint density at radius 3 is 2.48 bits per heavy atom. The first-order valence-corrected chi connectivity index (χ1v) is 13.7. The largest absolute Gasteiger partial charge is 0.495 e. The first-order chi connectivity index (χ1) is 19.8. The van der Waals surface area contributed by atoms with E-state index < -0.39 is 24.2 Å². The van der Waals surface area contributed by atoms with Crippen molar-refractivity contribution in [1.82, 2.24) is 0 Å². The molecular weight excluding hydrogens is 538 g/mol. The molecule has 0 aliphatic heterocycles. The minimum absolute atomic E-state index is 0.0787. The van der Waals surface area contributed by atoms with Gasteiger partial charge in [-0.15, -0.1) is 0 Å². The first kappa shape index (κ1) is 29.2. The van der Waals surface area contributed by atoms with Crippen molar-refractivity contribution in [3.05, 3.63) is 82.6 Å². The van der Waals surface area contributed by atoms with Crippen LogP contribution in [0, 0.1) is 0 Å². The van der Waals surface area contributed by atoms with Gasteiger partial charge in [0.1, 0.15) is 41.3 Å². The number of furan rings is 1. The molecule has 1 amide bonds. The van der Waals surface area contributed by atoms with Crippen molar-refractivity contribution in [3.8, 4) is 17.2 Å². The SMILES string of the molecule is COc1ccc(C(C)(C)C)cc1NC(=O)Oc1ccc2c3c(oc2c1)C(C)(C)c1cc(OC[C@H](O)CO)ccc1C3=O. The maximum atomic E-state index is 13.6. The number of aliphatic hydroxyl groups is 2. The molecule has 1 aromatic heterocycles. The monoisotopic (exact) mass is 573 g/mol. The van der Waals surface area contributed by atoms with E-state index in [-0.39, 0.29) is 23.6 Å². The van der Waals surface area contributed by atoms with Crippen molar-refractivity contribution in [2.45, 2.75) is 51.6 Å². The number of aliphatic hydroxyl groups excluding tert-OH is 2. The fraction of sp³-hybridized carbons (Fsp3) is 0.333. The van der Waals surface area contributed by atoms with Gasteiger partial charge in [-0.3, -0.25) is 10.1 Å². The zero-order chi connectivity index (χ0) is 30.4. The van der Waals surface area contributed by atoms with E-state index in [0.717, 1.165) is 11.1 Å². The van der Waals surface area contributed by atoms with E-state index in [4.69, 9.17) is 23.7 Å². The minimum atomic E-state index is -1.01. The number of nitrogens with one attached hydrogen (secondary N) is 1. The van der Waals surface area contributed by atoms with Crippen molar-refractivity contribution in [3.63, 3.8) is 0 Å². The lowest BCUT2D eigenvalue weighted by Crippen LogP contribution is -2.29. The van der Waals surface area contributed by atoms with Gasteiger partial charge in [-0.25, -0.2) is 4.79 Å². The molecule has 3 aromatic carbocycles. The molecule has 1 atom stereocenters. The summed E-state index contributed by atoms with van der Waals surface area (Å²) in [7, 11) is 1.53. The highest BCUT2D eigenvalue weighted by Crippen LogP contribution is 2.46. The molecule has 1 heterocycles. The van der Waals surface area contributed by atoms with Crippen molar-refractivity contribution >= 4 is 28.5 Å². The van der Waals surface area contributed by atoms with E-state index in [1.807, 2.05) is 26.0 Å². The standard InChI is InChI=1S/C33H35NO8/c1-32(2,3)18-7-12-26(39-6)25(13-18)34-31(38)41-21-9-11-23-27(15-21)42-30-28(23)29(37)22-10-8-20(40-17-19(36)16-35)14-24(22)33(30,4)5/h7-15,19,35-36H,16-17H2,1-6H3,(H,34,38)/t19-/m1/s1. The van der Waals surface area contributed by atoms with Crippen LogP contribution >= 0.6 is 0 Å². The topological polar surface area (TPSA) is 127 Å². The zero-order valence-electron chi connectivity index (χ0n) is 24.5. The fourth-order valence-electron chi connectivity index (χ4n) is 5.15. The Morgan fingerprint density at radius 2 is 1.79 bits per heavy atom. The highest BCUT2D eigenvalue weighted by Gasteiger charge is 2.42. The van der Waals surface area contributed by atoms with E-state index in [1.165, 1.54) is 7.11 Å². The number of carbonyl (C=O) groups excluding carboxylic acids is 2. The lowest BCUT2D eigenvalue weighted by atomic mass is 9.71. The number of ketones is 1. The third-order valence-corrected chi connectivity index (χ3v) is 7.53. The van der Waals surface area contributed by atoms with Crippen LogP contribution in [-0.4, -0.2) is 48.5 Å². The number of anilines is 1. The molecule has 1 aliphatic rings. The summed E-state index contributed by atoms with van der Waals surface area (Å²) in [6.45, 7) is 9.66. The normalized spacial score (nSPS) is 14.6. The van der Waals surface area contributed by atoms with Gasteiger partial charge < -0.3 is 28.8 Å². The molecule has 1 aliphatic carbocycles. The molecule has 0 saturated heterocycles. The van der Waals surface area contributed by atoms with Crippen molar-refractivity contribution < 1.29 is 38.4 Å². The lowest BCUT2D eigenvalue weighted by Gasteiger charge is -2.31. The molecular formula is C33H35NO8. The van der Waals surface area contributed by atoms with Crippen LogP contribution in [0.4, 0.5) is 10.5 Å². The molecule has 0 spiro atoms. The van der Waals surface area contributed by atoms with E-state index in [1.54, 1.807) is 42.5 Å². The summed E-state index contributed by atoms with van der Waals surface area (Å²) in [5.74, 6) is 1.53. The fourth-order valence-corrected chi connectivity index (χ4v) is 5.15. The van der Waals surface area contributed by atoms with Crippen LogP contribution in [0.15, 0.2) is 59.0 Å². The van der Waals surface area contributed by atoms with Crippen LogP contribution in [-0.2, 0) is 10.8 Å². The van der Waals surface area contributed by atoms with Gasteiger partial charge in [0.15, 0.2) is 5.78 Å². The van der Waals surface area contributed by atoms with Crippen LogP contribution in [0.5, 0.6) is 17.2 Å². The molecule has 0 radical (unpaired) electrons. The molecule has 4 aromatic rings. The number of hydrogen-bond donors (Lipinski definition) is 3. The summed E-state index contributed by atoms with van der Waals surface area (Å²) < 4.78 is 22.9. The maximum absolute atomic E-state index is 13.6. The van der Waals surface area contributed by atoms with Crippen LogP contribution in [0.25, 0.3) is 11.0 Å². The number of rotatable bonds is 7. The average molecular weight is 574 g/mol. The molecule has 3 N–H and O–H groups in total. The third-order valence-electron chi connectivity index (χ3n) is 7.53. The molecule has 0 bridgehead atoms. The highest BCUT2D eigenvalue weighted by atomic mass is 16.6. The predicted octanol–water partition coefficient (Wildman–Crippen LogP) is 5.95. The van der Waals surface area contributed by atoms with Crippen molar-refractivity contribution in [2.24, 2.45) is 0 Å². The summed E-state index contributed by atoms with van der Waals surface area (Å²) in [4.78, 5) is 26.5. The number of ether oxygens (including phenoxy) is 3. The number of benzene rings is 3. The van der Waals surface area contributed by atoms with E-state index in [0.29, 0.717) is 45.0 Å². The Hall–Kier alpha value is -4.34. The second-order valence-electron chi connectivity index (χ2n) is 12.0. The molecule has 5 rings (SSSR count). The molecule has 0 saturated carbocycles. The minimum Gasteiger partial charge on any atom is -0.495 e. The van der Waals surface area contributed by atoms with Crippen molar-refractivity contribution in [2.75, 3.05) is 25.6 Å². The average Bonchev–Trinajstić information content (AvgIpc) is 3.34. The van der Waals surface area contributed by atoms with Gasteiger partial charge in [0, 0.05) is 22.4 Å². The molecule has 9 nitrogen and oxygen atoms in total. The Morgan fingerprint density at radius 1 is 1.05 bits per heavy atom. The van der Waals surface area contributed by atoms with E-state index >= 15 is 0 Å². The van der Waals surface area contributed by atoms with Crippen LogP contribution < -0.4 is 19.5 Å². The van der Waals surface area contributed by atoms with E-state index in [9.17, 15) is 14.7 Å². The maximum Gasteiger partial charge on any atom is 0.417 e. The Labute approximate surface area is 244 Å². The smallest absolute Gasteiger partial charge is 0.417 e. The van der Waals surface area contributed by atoms with Gasteiger partial charge >= 0.3 is 6.09 Å². The number of fused-ring (bicyclic) bond motifs is 4. The van der Waals surface area contributed by atoms with Gasteiger partial charge in [-0.2, -0.15) is 0 Å². The predicted molar refractivity (Wildman–Crippen MR) is 158 cm³/mol. The van der Waals surface area contributed by atoms with Gasteiger partial charge in [0.25, 0.3) is 0 Å². The van der Waals surface area contributed by atoms with Crippen LogP contribution in [0.1, 0.15) is 67.4 Å². The second-order valence-corrected chi connectivity index (χ2v) is 12.0. The Kier molecular flexibility index (Phi) is 7.51. The molecule has 9 heteroatoms. The number of methoxy groups -OCH3 is 1. The second kappa shape index (κ2) is 10.8. The molecule has 42 heavy (non-hydrogen) atoms. The van der Waals surface area contributed by atoms with Gasteiger partial charge in [-0.05, 0) is 72.9 Å². The van der Waals surface area contributed by atoms with Gasteiger partial charge in [-0.1, -0.05) is 26.8 Å². The summed E-state index contributed by atoms with van der Waals surface area (Å²) in [6, 6.07) is 15.7. The first-order valence-electron chi connectivity index (χ1n) is 13.7. The van der Waals surface area contributed by atoms with Gasteiger partial charge in [0.2, 0.25) is 0 Å².